The first-order valence-corrected chi connectivity index (χ1v) is 18.8. The number of aromatic nitrogens is 5. The Morgan fingerprint density at radius 1 is 0.455 bits per heavy atom. The molecule has 3 aromatic heterocycles. The molecule has 5 heteroatoms. The molecule has 0 amide bonds. The van der Waals surface area contributed by atoms with Gasteiger partial charge in [-0.2, -0.15) is 0 Å². The summed E-state index contributed by atoms with van der Waals surface area (Å²) < 4.78 is 4.87. The molecule has 0 spiro atoms. The Hall–Kier alpha value is -7.11. The average Bonchev–Trinajstić information content (AvgIpc) is 3.82. The summed E-state index contributed by atoms with van der Waals surface area (Å²) >= 11 is 0. The second kappa shape index (κ2) is 12.0. The summed E-state index contributed by atoms with van der Waals surface area (Å²) in [4.78, 5) is 14.9. The quantitative estimate of drug-likeness (QED) is 0.179. The van der Waals surface area contributed by atoms with Crippen molar-refractivity contribution in [2.24, 2.45) is 0 Å². The van der Waals surface area contributed by atoms with Gasteiger partial charge in [0.15, 0.2) is 17.5 Å². The Bertz CT molecular complexity index is 3040. The molecule has 11 rings (SSSR count). The first-order valence-electron chi connectivity index (χ1n) is 18.8. The average molecular weight is 706 g/mol. The van der Waals surface area contributed by atoms with Crippen LogP contribution >= 0.6 is 0 Å². The minimum absolute atomic E-state index is 0.217. The molecular weight excluding hydrogens is 671 g/mol. The van der Waals surface area contributed by atoms with E-state index in [0.29, 0.717) is 17.5 Å². The van der Waals surface area contributed by atoms with Gasteiger partial charge >= 0.3 is 0 Å². The Balaban J connectivity index is 1.05. The van der Waals surface area contributed by atoms with Crippen molar-refractivity contribution in [2.45, 2.75) is 19.3 Å². The molecule has 10 aromatic rings. The maximum Gasteiger partial charge on any atom is 0.164 e. The van der Waals surface area contributed by atoms with Crippen LogP contribution in [0.3, 0.4) is 0 Å². The molecular formula is C50H35N5. The number of rotatable bonds is 5. The largest absolute Gasteiger partial charge is 0.316 e. The zero-order valence-electron chi connectivity index (χ0n) is 30.5. The monoisotopic (exact) mass is 705 g/mol. The molecule has 0 aliphatic carbocycles. The third kappa shape index (κ3) is 4.83. The van der Waals surface area contributed by atoms with Gasteiger partial charge in [0.1, 0.15) is 0 Å². The fourth-order valence-electron chi connectivity index (χ4n) is 8.74. The van der Waals surface area contributed by atoms with Crippen molar-refractivity contribution in [3.63, 3.8) is 0 Å². The number of nitrogens with zero attached hydrogens (tertiary/aromatic N) is 5. The minimum Gasteiger partial charge on any atom is -0.316 e. The van der Waals surface area contributed by atoms with Crippen molar-refractivity contribution >= 4 is 32.7 Å². The van der Waals surface area contributed by atoms with Crippen molar-refractivity contribution in [3.8, 4) is 56.7 Å². The molecule has 55 heavy (non-hydrogen) atoms. The molecule has 1 aliphatic heterocycles. The minimum atomic E-state index is -0.217. The summed E-state index contributed by atoms with van der Waals surface area (Å²) in [5, 5.41) is 3.81. The Labute approximate surface area is 318 Å². The van der Waals surface area contributed by atoms with Gasteiger partial charge in [-0.3, -0.25) is 0 Å². The van der Waals surface area contributed by atoms with Crippen LogP contribution in [0.15, 0.2) is 176 Å². The summed E-state index contributed by atoms with van der Waals surface area (Å²) in [6, 6.07) is 60.1. The molecule has 0 unspecified atom stereocenters. The zero-order valence-corrected chi connectivity index (χ0v) is 30.5. The third-order valence-corrected chi connectivity index (χ3v) is 11.3. The van der Waals surface area contributed by atoms with E-state index in [-0.39, 0.29) is 5.41 Å². The van der Waals surface area contributed by atoms with Gasteiger partial charge in [-0.1, -0.05) is 141 Å². The maximum absolute atomic E-state index is 4.98. The van der Waals surface area contributed by atoms with E-state index in [9.17, 15) is 0 Å². The van der Waals surface area contributed by atoms with Crippen LogP contribution in [0.4, 0.5) is 0 Å². The number of hydrogen-bond donors (Lipinski definition) is 0. The van der Waals surface area contributed by atoms with E-state index in [1.165, 1.54) is 49.5 Å². The van der Waals surface area contributed by atoms with Gasteiger partial charge < -0.3 is 9.13 Å². The van der Waals surface area contributed by atoms with E-state index in [2.05, 4.69) is 138 Å². The molecule has 0 saturated carbocycles. The molecule has 0 N–H and O–H groups in total. The number of hydrogen-bond acceptors (Lipinski definition) is 3. The van der Waals surface area contributed by atoms with Gasteiger partial charge in [-0.25, -0.2) is 15.0 Å². The lowest BCUT2D eigenvalue weighted by atomic mass is 9.74. The van der Waals surface area contributed by atoms with E-state index >= 15 is 0 Å². The van der Waals surface area contributed by atoms with Crippen LogP contribution in [0, 0.1) is 0 Å². The Morgan fingerprint density at radius 2 is 1.05 bits per heavy atom. The van der Waals surface area contributed by atoms with E-state index in [1.807, 2.05) is 60.7 Å². The molecule has 1 aliphatic rings. The van der Waals surface area contributed by atoms with Crippen LogP contribution in [0.5, 0.6) is 0 Å². The van der Waals surface area contributed by atoms with Crippen LogP contribution in [-0.4, -0.2) is 24.1 Å². The van der Waals surface area contributed by atoms with E-state index < -0.39 is 0 Å². The summed E-state index contributed by atoms with van der Waals surface area (Å²) in [6.45, 7) is 4.76. The van der Waals surface area contributed by atoms with Crippen LogP contribution < -0.4 is 0 Å². The van der Waals surface area contributed by atoms with E-state index in [0.717, 1.165) is 33.5 Å². The zero-order chi connectivity index (χ0) is 36.7. The second-order valence-electron chi connectivity index (χ2n) is 14.9. The van der Waals surface area contributed by atoms with E-state index in [4.69, 9.17) is 15.0 Å². The SMILES string of the molecule is CC1(C)c2ccccc2-n2ccc3cc4c5ccccc5n(-c5ccc(-c6cccc(-c7nc(-c8ccccc8)nc(-c8ccccc8)n7)c6)cc5)c4c1c32. The van der Waals surface area contributed by atoms with Gasteiger partial charge in [0, 0.05) is 61.4 Å². The van der Waals surface area contributed by atoms with Crippen molar-refractivity contribution in [1.29, 1.82) is 0 Å². The fraction of sp³-hybridized carbons (Fsp3) is 0.0600. The highest BCUT2D eigenvalue weighted by atomic mass is 15.0. The topological polar surface area (TPSA) is 48.5 Å². The Morgan fingerprint density at radius 3 is 1.78 bits per heavy atom. The number of para-hydroxylation sites is 2. The lowest BCUT2D eigenvalue weighted by Crippen LogP contribution is -2.27. The summed E-state index contributed by atoms with van der Waals surface area (Å²) in [5.74, 6) is 1.95. The van der Waals surface area contributed by atoms with Crippen molar-refractivity contribution in [3.05, 3.63) is 187 Å². The van der Waals surface area contributed by atoms with Crippen LogP contribution in [0.25, 0.3) is 89.4 Å². The van der Waals surface area contributed by atoms with Crippen molar-refractivity contribution < 1.29 is 0 Å². The molecule has 4 heterocycles. The third-order valence-electron chi connectivity index (χ3n) is 11.3. The highest BCUT2D eigenvalue weighted by Gasteiger charge is 2.37. The standard InChI is InChI=1S/C50H35N5/c1-50(2)41-21-10-12-23-43(41)54-29-28-36-31-40-39-20-9-11-22-42(39)55(46(40)44(50)45(36)54)38-26-24-32(25-27-38)35-18-13-19-37(30-35)49-52-47(33-14-5-3-6-15-33)51-48(53-49)34-16-7-4-8-17-34/h3-31H,1-2H3. The first kappa shape index (κ1) is 31.4. The van der Waals surface area contributed by atoms with Gasteiger partial charge in [0.05, 0.1) is 16.6 Å². The normalized spacial score (nSPS) is 13.1. The second-order valence-corrected chi connectivity index (χ2v) is 14.9. The van der Waals surface area contributed by atoms with Gasteiger partial charge in [0.25, 0.3) is 0 Å². The molecule has 0 atom stereocenters. The predicted molar refractivity (Wildman–Crippen MR) is 225 cm³/mol. The van der Waals surface area contributed by atoms with Gasteiger partial charge in [-0.05, 0) is 59.2 Å². The first-order chi connectivity index (χ1) is 27.0. The van der Waals surface area contributed by atoms with Crippen LogP contribution in [-0.2, 0) is 5.41 Å². The van der Waals surface area contributed by atoms with Crippen LogP contribution in [0.1, 0.15) is 25.0 Å². The van der Waals surface area contributed by atoms with Gasteiger partial charge in [-0.15, -0.1) is 0 Å². The maximum atomic E-state index is 4.98. The van der Waals surface area contributed by atoms with E-state index in [1.54, 1.807) is 0 Å². The lowest BCUT2D eigenvalue weighted by Gasteiger charge is -2.35. The smallest absolute Gasteiger partial charge is 0.164 e. The molecule has 0 saturated heterocycles. The van der Waals surface area contributed by atoms with Gasteiger partial charge in [0.2, 0.25) is 0 Å². The number of benzene rings is 7. The summed E-state index contributed by atoms with van der Waals surface area (Å²) in [7, 11) is 0. The molecule has 7 aromatic carbocycles. The van der Waals surface area contributed by atoms with Crippen molar-refractivity contribution in [2.75, 3.05) is 0 Å². The van der Waals surface area contributed by atoms with Crippen molar-refractivity contribution in [1.82, 2.24) is 24.1 Å². The number of fused-ring (bicyclic) bond motifs is 6. The molecule has 0 radical (unpaired) electrons. The lowest BCUT2D eigenvalue weighted by molar-refractivity contribution is 0.632. The fourth-order valence-corrected chi connectivity index (χ4v) is 8.74. The molecule has 260 valence electrons. The summed E-state index contributed by atoms with van der Waals surface area (Å²) in [5.41, 5.74) is 13.7. The Kier molecular flexibility index (Phi) is 6.83. The highest BCUT2D eigenvalue weighted by Crippen LogP contribution is 2.50. The predicted octanol–water partition coefficient (Wildman–Crippen LogP) is 12.2. The molecule has 5 nitrogen and oxygen atoms in total. The van der Waals surface area contributed by atoms with Crippen LogP contribution in [0.2, 0.25) is 0 Å². The highest BCUT2D eigenvalue weighted by molar-refractivity contribution is 6.16. The summed E-state index contributed by atoms with van der Waals surface area (Å²) in [6.07, 6.45) is 2.23. The molecule has 0 bridgehead atoms. The molecule has 0 fully saturated rings.